The quantitative estimate of drug-likeness (QED) is 0.893. The summed E-state index contributed by atoms with van der Waals surface area (Å²) >= 11 is 12.1. The fourth-order valence-corrected chi connectivity index (χ4v) is 2.29. The first kappa shape index (κ1) is 14.9. The lowest BCUT2D eigenvalue weighted by molar-refractivity contribution is 0.681. The third kappa shape index (κ3) is 2.81. The largest absolute Gasteiger partial charge is 0.394 e. The molecule has 0 aliphatic heterocycles. The predicted octanol–water partition coefficient (Wildman–Crippen LogP) is 4.13. The number of anilines is 2. The van der Waals surface area contributed by atoms with Crippen molar-refractivity contribution in [3.63, 3.8) is 0 Å². The van der Waals surface area contributed by atoms with Gasteiger partial charge in [0.25, 0.3) is 0 Å². The van der Waals surface area contributed by atoms with Crippen molar-refractivity contribution in [2.24, 2.45) is 0 Å². The van der Waals surface area contributed by atoms with Crippen LogP contribution >= 0.6 is 23.2 Å². The van der Waals surface area contributed by atoms with E-state index in [0.29, 0.717) is 32.8 Å². The molecule has 4 nitrogen and oxygen atoms in total. The number of aromatic nitrogens is 2. The fourth-order valence-electron chi connectivity index (χ4n) is 1.79. The third-order valence-corrected chi connectivity index (χ3v) is 3.78. The van der Waals surface area contributed by atoms with E-state index in [2.05, 4.69) is 16.9 Å². The van der Waals surface area contributed by atoms with Crippen molar-refractivity contribution < 1.29 is 0 Å². The molecular formula is C14H16Cl2N4. The number of benzene rings is 1. The minimum absolute atomic E-state index is 0.197. The zero-order valence-electron chi connectivity index (χ0n) is 11.3. The van der Waals surface area contributed by atoms with Crippen LogP contribution in [0.25, 0.3) is 11.3 Å². The average molecular weight is 311 g/mol. The Hall–Kier alpha value is -1.52. The van der Waals surface area contributed by atoms with Crippen LogP contribution in [-0.2, 0) is 0 Å². The maximum Gasteiger partial charge on any atom is 0.151 e. The summed E-state index contributed by atoms with van der Waals surface area (Å²) in [6.45, 7) is 4.10. The summed E-state index contributed by atoms with van der Waals surface area (Å²) in [5.74, 6) is 1.14. The topological polar surface area (TPSA) is 77.8 Å². The SMILES string of the molecule is CCC(C)c1nc(N)c(N)c(-c2ccc(Cl)cc2Cl)n1. The summed E-state index contributed by atoms with van der Waals surface area (Å²) in [7, 11) is 0. The number of nitrogens with zero attached hydrogens (tertiary/aromatic N) is 2. The van der Waals surface area contributed by atoms with Gasteiger partial charge in [0, 0.05) is 16.5 Å². The van der Waals surface area contributed by atoms with Crippen molar-refractivity contribution >= 4 is 34.7 Å². The summed E-state index contributed by atoms with van der Waals surface area (Å²) in [4.78, 5) is 8.77. The van der Waals surface area contributed by atoms with Crippen molar-refractivity contribution in [3.8, 4) is 11.3 Å². The Balaban J connectivity index is 2.63. The molecule has 1 aromatic heterocycles. The van der Waals surface area contributed by atoms with Crippen LogP contribution in [0, 0.1) is 0 Å². The van der Waals surface area contributed by atoms with Gasteiger partial charge in [-0.25, -0.2) is 9.97 Å². The molecule has 4 N–H and O–H groups in total. The van der Waals surface area contributed by atoms with Crippen molar-refractivity contribution in [1.82, 2.24) is 9.97 Å². The molecule has 0 bridgehead atoms. The Bertz CT molecular complexity index is 643. The maximum absolute atomic E-state index is 6.21. The number of hydrogen-bond donors (Lipinski definition) is 2. The fraction of sp³-hybridized carbons (Fsp3) is 0.286. The zero-order chi connectivity index (χ0) is 14.9. The van der Waals surface area contributed by atoms with E-state index in [9.17, 15) is 0 Å². The number of rotatable bonds is 3. The Morgan fingerprint density at radius 1 is 1.20 bits per heavy atom. The molecule has 2 aromatic rings. The predicted molar refractivity (Wildman–Crippen MR) is 85.0 cm³/mol. The summed E-state index contributed by atoms with van der Waals surface area (Å²) in [5, 5.41) is 1.04. The summed E-state index contributed by atoms with van der Waals surface area (Å²) in [6, 6.07) is 5.17. The molecule has 6 heteroatoms. The van der Waals surface area contributed by atoms with E-state index < -0.39 is 0 Å². The highest BCUT2D eigenvalue weighted by atomic mass is 35.5. The number of halogens is 2. The molecular weight excluding hydrogens is 295 g/mol. The molecule has 20 heavy (non-hydrogen) atoms. The Labute approximate surface area is 128 Å². The highest BCUT2D eigenvalue weighted by molar-refractivity contribution is 6.36. The number of nitrogens with two attached hydrogens (primary N) is 2. The second-order valence-corrected chi connectivity index (χ2v) is 5.51. The number of hydrogen-bond acceptors (Lipinski definition) is 4. The van der Waals surface area contributed by atoms with Crippen LogP contribution in [-0.4, -0.2) is 9.97 Å². The van der Waals surface area contributed by atoms with Crippen molar-refractivity contribution in [2.75, 3.05) is 11.5 Å². The molecule has 1 atom stereocenters. The van der Waals surface area contributed by atoms with E-state index in [1.165, 1.54) is 0 Å². The van der Waals surface area contributed by atoms with Gasteiger partial charge in [0.1, 0.15) is 17.2 Å². The zero-order valence-corrected chi connectivity index (χ0v) is 12.8. The van der Waals surface area contributed by atoms with Crippen LogP contribution in [0.3, 0.4) is 0 Å². The molecule has 2 rings (SSSR count). The monoisotopic (exact) mass is 310 g/mol. The minimum Gasteiger partial charge on any atom is -0.394 e. The van der Waals surface area contributed by atoms with Crippen molar-refractivity contribution in [2.45, 2.75) is 26.2 Å². The first-order valence-electron chi connectivity index (χ1n) is 6.32. The lowest BCUT2D eigenvalue weighted by Gasteiger charge is -2.14. The molecule has 0 aliphatic rings. The molecule has 0 aliphatic carbocycles. The second kappa shape index (κ2) is 5.85. The highest BCUT2D eigenvalue weighted by Gasteiger charge is 2.16. The van der Waals surface area contributed by atoms with Gasteiger partial charge in [0.05, 0.1) is 5.02 Å². The second-order valence-electron chi connectivity index (χ2n) is 4.66. The maximum atomic E-state index is 6.21. The Morgan fingerprint density at radius 3 is 2.50 bits per heavy atom. The van der Waals surface area contributed by atoms with Gasteiger partial charge in [-0.05, 0) is 24.6 Å². The van der Waals surface area contributed by atoms with E-state index in [1.807, 2.05) is 6.92 Å². The van der Waals surface area contributed by atoms with Crippen LogP contribution in [0.5, 0.6) is 0 Å². The van der Waals surface area contributed by atoms with E-state index in [4.69, 9.17) is 34.7 Å². The number of nitrogen functional groups attached to an aromatic ring is 2. The minimum atomic E-state index is 0.197. The molecule has 1 heterocycles. The van der Waals surface area contributed by atoms with Crippen molar-refractivity contribution in [1.29, 1.82) is 0 Å². The van der Waals surface area contributed by atoms with Gasteiger partial charge in [-0.3, -0.25) is 0 Å². The molecule has 0 fully saturated rings. The van der Waals surface area contributed by atoms with Crippen LogP contribution in [0.4, 0.5) is 11.5 Å². The van der Waals surface area contributed by atoms with Gasteiger partial charge in [0.15, 0.2) is 5.82 Å². The first-order chi connectivity index (χ1) is 9.43. The van der Waals surface area contributed by atoms with E-state index in [-0.39, 0.29) is 11.7 Å². The van der Waals surface area contributed by atoms with Crippen LogP contribution in [0.1, 0.15) is 32.0 Å². The van der Waals surface area contributed by atoms with Crippen molar-refractivity contribution in [3.05, 3.63) is 34.1 Å². The lowest BCUT2D eigenvalue weighted by atomic mass is 10.1. The standard InChI is InChI=1S/C14H16Cl2N4/c1-3-7(2)14-19-12(11(17)13(18)20-14)9-5-4-8(15)6-10(9)16/h4-7H,3,17H2,1-2H3,(H2,18,19,20). The Kier molecular flexibility index (Phi) is 4.35. The molecule has 0 radical (unpaired) electrons. The smallest absolute Gasteiger partial charge is 0.151 e. The molecule has 1 aromatic carbocycles. The molecule has 0 saturated heterocycles. The van der Waals surface area contributed by atoms with Gasteiger partial charge in [-0.1, -0.05) is 37.0 Å². The average Bonchev–Trinajstić information content (AvgIpc) is 2.41. The summed E-state index contributed by atoms with van der Waals surface area (Å²) in [5.41, 5.74) is 13.5. The van der Waals surface area contributed by atoms with Gasteiger partial charge in [-0.15, -0.1) is 0 Å². The van der Waals surface area contributed by atoms with Crippen LogP contribution in [0.2, 0.25) is 10.0 Å². The summed E-state index contributed by atoms with van der Waals surface area (Å²) in [6.07, 6.45) is 0.914. The molecule has 106 valence electrons. The Morgan fingerprint density at radius 2 is 1.90 bits per heavy atom. The highest BCUT2D eigenvalue weighted by Crippen LogP contribution is 2.35. The van der Waals surface area contributed by atoms with Gasteiger partial charge >= 0.3 is 0 Å². The summed E-state index contributed by atoms with van der Waals surface area (Å²) < 4.78 is 0. The van der Waals surface area contributed by atoms with Crippen LogP contribution in [0.15, 0.2) is 18.2 Å². The lowest BCUT2D eigenvalue weighted by Crippen LogP contribution is -2.09. The van der Waals surface area contributed by atoms with Gasteiger partial charge < -0.3 is 11.5 Å². The van der Waals surface area contributed by atoms with E-state index in [0.717, 1.165) is 6.42 Å². The normalized spacial score (nSPS) is 12.4. The van der Waals surface area contributed by atoms with Crippen LogP contribution < -0.4 is 11.5 Å². The molecule has 0 amide bonds. The van der Waals surface area contributed by atoms with E-state index in [1.54, 1.807) is 18.2 Å². The first-order valence-corrected chi connectivity index (χ1v) is 7.08. The van der Waals surface area contributed by atoms with E-state index >= 15 is 0 Å². The molecule has 0 spiro atoms. The third-order valence-electron chi connectivity index (χ3n) is 3.23. The molecule has 1 unspecified atom stereocenters. The van der Waals surface area contributed by atoms with Gasteiger partial charge in [0.2, 0.25) is 0 Å². The molecule has 0 saturated carbocycles. The van der Waals surface area contributed by atoms with Gasteiger partial charge in [-0.2, -0.15) is 0 Å².